The zero-order valence-corrected chi connectivity index (χ0v) is 11.8. The molecule has 0 aliphatic carbocycles. The van der Waals surface area contributed by atoms with Gasteiger partial charge in [-0.15, -0.1) is 11.3 Å². The lowest BCUT2D eigenvalue weighted by molar-refractivity contribution is 0.0697. The Morgan fingerprint density at radius 3 is 2.53 bits per heavy atom. The van der Waals surface area contributed by atoms with Crippen molar-refractivity contribution >= 4 is 17.3 Å². The maximum atomic E-state index is 10.8. The van der Waals surface area contributed by atoms with Gasteiger partial charge in [-0.3, -0.25) is 4.90 Å². The fraction of sp³-hybridized carbons (Fsp3) is 0.286. The summed E-state index contributed by atoms with van der Waals surface area (Å²) in [5.41, 5.74) is 1.43. The topological polar surface area (TPSA) is 53.4 Å². The highest BCUT2D eigenvalue weighted by Gasteiger charge is 2.06. The van der Waals surface area contributed by atoms with Gasteiger partial charge in [0, 0.05) is 24.2 Å². The molecular weight excluding hydrogens is 260 g/mol. The van der Waals surface area contributed by atoms with Crippen molar-refractivity contribution in [3.63, 3.8) is 0 Å². The standard InChI is InChI=1S/C14H16N2O2S/c1-10-15-7-13(19-10)9-16(2)8-11-3-5-12(6-4-11)14(17)18/h3-7H,8-9H2,1-2H3,(H,17,18). The molecule has 0 amide bonds. The molecule has 0 saturated carbocycles. The van der Waals surface area contributed by atoms with E-state index in [0.717, 1.165) is 23.7 Å². The van der Waals surface area contributed by atoms with Crippen LogP contribution in [-0.2, 0) is 13.1 Å². The lowest BCUT2D eigenvalue weighted by atomic mass is 10.1. The number of aromatic nitrogens is 1. The minimum atomic E-state index is -0.889. The molecule has 0 aliphatic rings. The molecule has 5 heteroatoms. The van der Waals surface area contributed by atoms with Crippen LogP contribution in [0.4, 0.5) is 0 Å². The Hall–Kier alpha value is -1.72. The van der Waals surface area contributed by atoms with Crippen molar-refractivity contribution in [2.45, 2.75) is 20.0 Å². The number of nitrogens with zero attached hydrogens (tertiary/aromatic N) is 2. The predicted octanol–water partition coefficient (Wildman–Crippen LogP) is 2.78. The average Bonchev–Trinajstić information content (AvgIpc) is 2.75. The highest BCUT2D eigenvalue weighted by molar-refractivity contribution is 7.11. The van der Waals surface area contributed by atoms with Crippen molar-refractivity contribution in [1.82, 2.24) is 9.88 Å². The molecule has 2 rings (SSSR count). The van der Waals surface area contributed by atoms with Gasteiger partial charge in [0.1, 0.15) is 0 Å². The monoisotopic (exact) mass is 276 g/mol. The molecule has 0 bridgehead atoms. The minimum Gasteiger partial charge on any atom is -0.478 e. The van der Waals surface area contributed by atoms with Crippen LogP contribution in [0.5, 0.6) is 0 Å². The van der Waals surface area contributed by atoms with Crippen molar-refractivity contribution in [2.75, 3.05) is 7.05 Å². The number of carboxylic acid groups (broad SMARTS) is 1. The first kappa shape index (κ1) is 13.7. The van der Waals surface area contributed by atoms with Gasteiger partial charge in [0.15, 0.2) is 0 Å². The molecule has 1 aromatic heterocycles. The Morgan fingerprint density at radius 2 is 2.00 bits per heavy atom. The molecule has 2 aromatic rings. The van der Waals surface area contributed by atoms with Gasteiger partial charge in [0.2, 0.25) is 0 Å². The second kappa shape index (κ2) is 5.95. The Morgan fingerprint density at radius 1 is 1.32 bits per heavy atom. The zero-order valence-electron chi connectivity index (χ0n) is 11.0. The molecule has 1 N–H and O–H groups in total. The van der Waals surface area contributed by atoms with E-state index >= 15 is 0 Å². The van der Waals surface area contributed by atoms with Gasteiger partial charge in [0.05, 0.1) is 10.6 Å². The molecule has 0 saturated heterocycles. The molecule has 1 aromatic carbocycles. The molecule has 100 valence electrons. The van der Waals surface area contributed by atoms with Crippen LogP contribution in [0.3, 0.4) is 0 Å². The van der Waals surface area contributed by atoms with E-state index in [1.807, 2.05) is 32.3 Å². The summed E-state index contributed by atoms with van der Waals surface area (Å²) in [7, 11) is 2.04. The van der Waals surface area contributed by atoms with Crippen molar-refractivity contribution in [3.05, 3.63) is 51.5 Å². The zero-order chi connectivity index (χ0) is 13.8. The molecule has 0 atom stereocenters. The van der Waals surface area contributed by atoms with Crippen molar-refractivity contribution in [3.8, 4) is 0 Å². The summed E-state index contributed by atoms with van der Waals surface area (Å²) in [5.74, 6) is -0.889. The number of hydrogen-bond acceptors (Lipinski definition) is 4. The summed E-state index contributed by atoms with van der Waals surface area (Å²) < 4.78 is 0. The summed E-state index contributed by atoms with van der Waals surface area (Å²) in [4.78, 5) is 18.4. The average molecular weight is 276 g/mol. The fourth-order valence-corrected chi connectivity index (χ4v) is 2.74. The molecule has 19 heavy (non-hydrogen) atoms. The van der Waals surface area contributed by atoms with Gasteiger partial charge in [-0.25, -0.2) is 9.78 Å². The number of benzene rings is 1. The molecule has 0 spiro atoms. The molecule has 0 unspecified atom stereocenters. The van der Waals surface area contributed by atoms with Gasteiger partial charge in [-0.1, -0.05) is 12.1 Å². The summed E-state index contributed by atoms with van der Waals surface area (Å²) in [6.45, 7) is 3.64. The fourth-order valence-electron chi connectivity index (χ4n) is 1.86. The third-order valence-corrected chi connectivity index (χ3v) is 3.65. The first-order valence-corrected chi connectivity index (χ1v) is 6.78. The quantitative estimate of drug-likeness (QED) is 0.912. The van der Waals surface area contributed by atoms with E-state index in [9.17, 15) is 4.79 Å². The summed E-state index contributed by atoms with van der Waals surface area (Å²) in [6.07, 6.45) is 1.91. The van der Waals surface area contributed by atoms with Crippen LogP contribution < -0.4 is 0 Å². The van der Waals surface area contributed by atoms with Crippen LogP contribution in [0.15, 0.2) is 30.5 Å². The summed E-state index contributed by atoms with van der Waals surface area (Å²) >= 11 is 1.70. The van der Waals surface area contributed by atoms with E-state index in [1.54, 1.807) is 23.5 Å². The number of thiazole rings is 1. The van der Waals surface area contributed by atoms with Gasteiger partial charge in [-0.2, -0.15) is 0 Å². The van der Waals surface area contributed by atoms with Crippen LogP contribution >= 0.6 is 11.3 Å². The van der Waals surface area contributed by atoms with Gasteiger partial charge in [-0.05, 0) is 31.7 Å². The first-order valence-electron chi connectivity index (χ1n) is 5.96. The summed E-state index contributed by atoms with van der Waals surface area (Å²) in [6, 6.07) is 7.00. The Bertz CT molecular complexity index is 563. The molecule has 0 fully saturated rings. The van der Waals surface area contributed by atoms with Crippen molar-refractivity contribution in [2.24, 2.45) is 0 Å². The van der Waals surface area contributed by atoms with Gasteiger partial charge >= 0.3 is 5.97 Å². The van der Waals surface area contributed by atoms with E-state index in [1.165, 1.54) is 4.88 Å². The largest absolute Gasteiger partial charge is 0.478 e. The van der Waals surface area contributed by atoms with E-state index in [2.05, 4.69) is 9.88 Å². The molecule has 1 heterocycles. The smallest absolute Gasteiger partial charge is 0.335 e. The Labute approximate surface area is 116 Å². The minimum absolute atomic E-state index is 0.324. The summed E-state index contributed by atoms with van der Waals surface area (Å²) in [5, 5.41) is 9.92. The van der Waals surface area contributed by atoms with Crippen LogP contribution in [0.25, 0.3) is 0 Å². The number of carbonyl (C=O) groups is 1. The number of rotatable bonds is 5. The highest BCUT2D eigenvalue weighted by Crippen LogP contribution is 2.15. The van der Waals surface area contributed by atoms with Crippen molar-refractivity contribution in [1.29, 1.82) is 0 Å². The van der Waals surface area contributed by atoms with Gasteiger partial charge in [0.25, 0.3) is 0 Å². The molecular formula is C14H16N2O2S. The Kier molecular flexibility index (Phi) is 4.29. The second-order valence-corrected chi connectivity index (χ2v) is 5.84. The third kappa shape index (κ3) is 3.87. The highest BCUT2D eigenvalue weighted by atomic mass is 32.1. The SMILES string of the molecule is Cc1ncc(CN(C)Cc2ccc(C(=O)O)cc2)s1. The van der Waals surface area contributed by atoms with Crippen LogP contribution in [-0.4, -0.2) is 28.0 Å². The number of hydrogen-bond donors (Lipinski definition) is 1. The normalized spacial score (nSPS) is 10.9. The van der Waals surface area contributed by atoms with Crippen LogP contribution in [0.1, 0.15) is 25.8 Å². The van der Waals surface area contributed by atoms with E-state index < -0.39 is 5.97 Å². The van der Waals surface area contributed by atoms with E-state index in [4.69, 9.17) is 5.11 Å². The van der Waals surface area contributed by atoms with E-state index in [-0.39, 0.29) is 0 Å². The van der Waals surface area contributed by atoms with Crippen LogP contribution in [0, 0.1) is 6.92 Å². The maximum Gasteiger partial charge on any atom is 0.335 e. The van der Waals surface area contributed by atoms with E-state index in [0.29, 0.717) is 5.56 Å². The molecule has 4 nitrogen and oxygen atoms in total. The predicted molar refractivity (Wildman–Crippen MR) is 75.4 cm³/mol. The Balaban J connectivity index is 1.94. The number of carboxylic acids is 1. The first-order chi connectivity index (χ1) is 9.04. The van der Waals surface area contributed by atoms with Crippen molar-refractivity contribution < 1.29 is 9.90 Å². The molecule has 0 radical (unpaired) electrons. The van der Waals surface area contributed by atoms with Crippen LogP contribution in [0.2, 0.25) is 0 Å². The lowest BCUT2D eigenvalue weighted by Gasteiger charge is -2.15. The maximum absolute atomic E-state index is 10.8. The second-order valence-electron chi connectivity index (χ2n) is 4.52. The third-order valence-electron chi connectivity index (χ3n) is 2.75. The molecule has 0 aliphatic heterocycles. The number of aryl methyl sites for hydroxylation is 1. The van der Waals surface area contributed by atoms with Gasteiger partial charge < -0.3 is 5.11 Å². The number of aromatic carboxylic acids is 1. The lowest BCUT2D eigenvalue weighted by Crippen LogP contribution is -2.16.